The van der Waals surface area contributed by atoms with Gasteiger partial charge in [-0.3, -0.25) is 4.79 Å². The Kier molecular flexibility index (Phi) is 3.83. The monoisotopic (exact) mass is 345 g/mol. The molecule has 1 aliphatic carbocycles. The molecule has 1 heterocycles. The van der Waals surface area contributed by atoms with E-state index in [9.17, 15) is 22.8 Å². The van der Waals surface area contributed by atoms with Crippen molar-refractivity contribution in [2.24, 2.45) is 0 Å². The van der Waals surface area contributed by atoms with Crippen LogP contribution in [-0.2, 0) is 4.74 Å². The quantitative estimate of drug-likeness (QED) is 0.633. The third-order valence-electron chi connectivity index (χ3n) is 3.69. The second-order valence-corrected chi connectivity index (χ2v) is 5.58. The summed E-state index contributed by atoms with van der Waals surface area (Å²) in [5.74, 6) is -3.56. The van der Waals surface area contributed by atoms with Crippen molar-refractivity contribution in [3.05, 3.63) is 44.7 Å². The lowest BCUT2D eigenvalue weighted by Gasteiger charge is -2.14. The molecule has 0 aliphatic heterocycles. The minimum Gasteiger partial charge on any atom is -0.462 e. The van der Waals surface area contributed by atoms with Gasteiger partial charge in [-0.15, -0.1) is 0 Å². The topological polar surface area (TPSA) is 48.3 Å². The Hall–Kier alpha value is -2.02. The molecule has 0 amide bonds. The fourth-order valence-corrected chi connectivity index (χ4v) is 2.76. The highest BCUT2D eigenvalue weighted by molar-refractivity contribution is 6.35. The van der Waals surface area contributed by atoms with Crippen LogP contribution in [0, 0.1) is 11.6 Å². The summed E-state index contributed by atoms with van der Waals surface area (Å²) >= 11 is 5.81. The summed E-state index contributed by atoms with van der Waals surface area (Å²) in [6, 6.07) is -0.0260. The second-order valence-electron chi connectivity index (χ2n) is 5.20. The minimum absolute atomic E-state index is 0.0318. The lowest BCUT2D eigenvalue weighted by Crippen LogP contribution is -2.21. The molecule has 0 spiro atoms. The molecule has 0 radical (unpaired) electrons. The van der Waals surface area contributed by atoms with Crippen LogP contribution in [0.1, 0.15) is 29.7 Å². The predicted octanol–water partition coefficient (Wildman–Crippen LogP) is 3.39. The van der Waals surface area contributed by atoms with Gasteiger partial charge in [-0.2, -0.15) is 0 Å². The van der Waals surface area contributed by atoms with E-state index >= 15 is 0 Å². The molecule has 1 aromatic carbocycles. The standard InChI is InChI=1S/C15H11ClF3NO3/c1-2-23-15(22)7-5-20(10-4-8(10)17)13-6(14(7)21)3-9(18)12(19)11(13)16/h3,5,8,10H,2,4H2,1H3/t8-,10+/m1/s1. The number of ether oxygens (including phenoxy) is 1. The molecular weight excluding hydrogens is 335 g/mol. The number of fused-ring (bicyclic) bond motifs is 1. The van der Waals surface area contributed by atoms with Crippen molar-refractivity contribution in [1.82, 2.24) is 4.57 Å². The highest BCUT2D eigenvalue weighted by Crippen LogP contribution is 2.42. The van der Waals surface area contributed by atoms with E-state index in [2.05, 4.69) is 0 Å². The van der Waals surface area contributed by atoms with E-state index in [0.29, 0.717) is 6.07 Å². The Morgan fingerprint density at radius 1 is 1.48 bits per heavy atom. The lowest BCUT2D eigenvalue weighted by atomic mass is 10.1. The number of benzene rings is 1. The van der Waals surface area contributed by atoms with Gasteiger partial charge >= 0.3 is 5.97 Å². The molecule has 1 aliphatic rings. The van der Waals surface area contributed by atoms with Gasteiger partial charge in [-0.05, 0) is 13.0 Å². The van der Waals surface area contributed by atoms with Crippen LogP contribution in [0.25, 0.3) is 10.9 Å². The molecule has 23 heavy (non-hydrogen) atoms. The molecule has 8 heteroatoms. The Bertz CT molecular complexity index is 881. The molecule has 2 aromatic rings. The molecule has 0 N–H and O–H groups in total. The third-order valence-corrected chi connectivity index (χ3v) is 4.03. The van der Waals surface area contributed by atoms with E-state index in [1.165, 1.54) is 4.57 Å². The molecule has 2 atom stereocenters. The van der Waals surface area contributed by atoms with E-state index in [1.807, 2.05) is 0 Å². The molecule has 0 bridgehead atoms. The zero-order valence-electron chi connectivity index (χ0n) is 11.9. The highest BCUT2D eigenvalue weighted by atomic mass is 35.5. The van der Waals surface area contributed by atoms with Crippen molar-refractivity contribution in [3.8, 4) is 0 Å². The summed E-state index contributed by atoms with van der Waals surface area (Å²) in [7, 11) is 0. The number of halogens is 4. The molecule has 1 aromatic heterocycles. The summed E-state index contributed by atoms with van der Waals surface area (Å²) in [5.41, 5.74) is -1.35. The summed E-state index contributed by atoms with van der Waals surface area (Å²) < 4.78 is 46.8. The molecular formula is C15H11ClF3NO3. The zero-order chi connectivity index (χ0) is 16.9. The van der Waals surface area contributed by atoms with Crippen molar-refractivity contribution >= 4 is 28.5 Å². The van der Waals surface area contributed by atoms with E-state index in [-0.39, 0.29) is 29.5 Å². The maximum Gasteiger partial charge on any atom is 0.343 e. The molecule has 0 saturated heterocycles. The Morgan fingerprint density at radius 2 is 2.13 bits per heavy atom. The van der Waals surface area contributed by atoms with E-state index in [1.54, 1.807) is 6.92 Å². The van der Waals surface area contributed by atoms with Crippen LogP contribution in [0.4, 0.5) is 13.2 Å². The number of esters is 1. The van der Waals surface area contributed by atoms with Crippen molar-refractivity contribution in [3.63, 3.8) is 0 Å². The second kappa shape index (κ2) is 5.56. The summed E-state index contributed by atoms with van der Waals surface area (Å²) in [6.45, 7) is 1.59. The number of hydrogen-bond donors (Lipinski definition) is 0. The van der Waals surface area contributed by atoms with E-state index < -0.39 is 40.3 Å². The number of rotatable bonds is 3. The Labute approximate surface area is 133 Å². The van der Waals surface area contributed by atoms with Crippen molar-refractivity contribution < 1.29 is 22.7 Å². The molecule has 1 saturated carbocycles. The minimum atomic E-state index is -1.33. The van der Waals surface area contributed by atoms with Gasteiger partial charge in [0.1, 0.15) is 16.8 Å². The summed E-state index contributed by atoms with van der Waals surface area (Å²) in [5, 5.41) is -0.912. The number of carbonyl (C=O) groups is 1. The summed E-state index contributed by atoms with van der Waals surface area (Å²) in [4.78, 5) is 24.3. The van der Waals surface area contributed by atoms with Gasteiger partial charge in [-0.25, -0.2) is 18.0 Å². The first-order valence-electron chi connectivity index (χ1n) is 6.90. The number of nitrogens with zero attached hydrogens (tertiary/aromatic N) is 1. The molecule has 0 unspecified atom stereocenters. The average molecular weight is 346 g/mol. The van der Waals surface area contributed by atoms with Gasteiger partial charge in [0.25, 0.3) is 0 Å². The fourth-order valence-electron chi connectivity index (χ4n) is 2.47. The van der Waals surface area contributed by atoms with Crippen LogP contribution in [0.3, 0.4) is 0 Å². The Balaban J connectivity index is 2.38. The lowest BCUT2D eigenvalue weighted by molar-refractivity contribution is 0.0524. The number of hydrogen-bond acceptors (Lipinski definition) is 3. The van der Waals surface area contributed by atoms with Crippen molar-refractivity contribution in [2.75, 3.05) is 6.61 Å². The number of carbonyl (C=O) groups excluding carboxylic acids is 1. The molecule has 1 fully saturated rings. The molecule has 3 rings (SSSR count). The van der Waals surface area contributed by atoms with Crippen LogP contribution >= 0.6 is 11.6 Å². The van der Waals surface area contributed by atoms with Gasteiger partial charge in [-0.1, -0.05) is 11.6 Å². The number of aromatic nitrogens is 1. The zero-order valence-corrected chi connectivity index (χ0v) is 12.7. The number of pyridine rings is 1. The third kappa shape index (κ3) is 2.49. The largest absolute Gasteiger partial charge is 0.462 e. The fraction of sp³-hybridized carbons (Fsp3) is 0.333. The Morgan fingerprint density at radius 3 is 2.70 bits per heavy atom. The summed E-state index contributed by atoms with van der Waals surface area (Å²) in [6.07, 6.45) is 0.0195. The van der Waals surface area contributed by atoms with Crippen molar-refractivity contribution in [1.29, 1.82) is 0 Å². The van der Waals surface area contributed by atoms with Crippen LogP contribution in [-0.4, -0.2) is 23.3 Å². The van der Waals surface area contributed by atoms with Gasteiger partial charge in [0, 0.05) is 12.6 Å². The van der Waals surface area contributed by atoms with E-state index in [0.717, 1.165) is 6.20 Å². The van der Waals surface area contributed by atoms with Crippen LogP contribution in [0.5, 0.6) is 0 Å². The maximum absolute atomic E-state index is 13.7. The first-order chi connectivity index (χ1) is 10.9. The van der Waals surface area contributed by atoms with Crippen molar-refractivity contribution in [2.45, 2.75) is 25.6 Å². The molecule has 122 valence electrons. The van der Waals surface area contributed by atoms with E-state index in [4.69, 9.17) is 16.3 Å². The van der Waals surface area contributed by atoms with Crippen LogP contribution in [0.15, 0.2) is 17.1 Å². The van der Waals surface area contributed by atoms with Gasteiger partial charge in [0.15, 0.2) is 11.6 Å². The molecule has 4 nitrogen and oxygen atoms in total. The van der Waals surface area contributed by atoms with Crippen LogP contribution < -0.4 is 5.43 Å². The highest BCUT2D eigenvalue weighted by Gasteiger charge is 2.40. The first-order valence-corrected chi connectivity index (χ1v) is 7.28. The normalized spacial score (nSPS) is 19.9. The first kappa shape index (κ1) is 15.9. The SMILES string of the molecule is CCOC(=O)c1cn([C@H]2C[C@H]2F)c2c(Cl)c(F)c(F)cc2c1=O. The number of alkyl halides is 1. The van der Waals surface area contributed by atoms with Gasteiger partial charge < -0.3 is 9.30 Å². The van der Waals surface area contributed by atoms with Gasteiger partial charge in [0.2, 0.25) is 5.43 Å². The predicted molar refractivity (Wildman–Crippen MR) is 77.6 cm³/mol. The van der Waals surface area contributed by atoms with Gasteiger partial charge in [0.05, 0.1) is 23.6 Å². The van der Waals surface area contributed by atoms with Crippen LogP contribution in [0.2, 0.25) is 5.02 Å². The smallest absolute Gasteiger partial charge is 0.343 e. The average Bonchev–Trinajstić information content (AvgIpc) is 3.23. The maximum atomic E-state index is 13.7.